The van der Waals surface area contributed by atoms with E-state index in [0.717, 1.165) is 6.42 Å². The molecule has 66 valence electrons. The van der Waals surface area contributed by atoms with Gasteiger partial charge in [-0.05, 0) is 12.0 Å². The van der Waals surface area contributed by atoms with Crippen molar-refractivity contribution in [1.82, 2.24) is 2.95 Å². The molecule has 0 saturated carbocycles. The summed E-state index contributed by atoms with van der Waals surface area (Å²) in [6.07, 6.45) is 1.07. The third-order valence-corrected chi connectivity index (χ3v) is 2.80. The van der Waals surface area contributed by atoms with Crippen LogP contribution in [0.5, 0.6) is 0 Å². The van der Waals surface area contributed by atoms with Crippen LogP contribution in [0.25, 0.3) is 0 Å². The van der Waals surface area contributed by atoms with E-state index in [4.69, 9.17) is 0 Å². The summed E-state index contributed by atoms with van der Waals surface area (Å²) in [6, 6.07) is 10.8. The van der Waals surface area contributed by atoms with E-state index >= 15 is 0 Å². The van der Waals surface area contributed by atoms with Crippen molar-refractivity contribution in [2.45, 2.75) is 19.4 Å². The van der Waals surface area contributed by atoms with Gasteiger partial charge in [-0.25, -0.2) is 0 Å². The Balaban J connectivity index is 2.80. The van der Waals surface area contributed by atoms with Crippen LogP contribution in [0.15, 0.2) is 30.3 Å². The molecule has 3 heteroatoms. The quantitative estimate of drug-likeness (QED) is 0.760. The van der Waals surface area contributed by atoms with Crippen LogP contribution >= 0.6 is 32.3 Å². The summed E-state index contributed by atoms with van der Waals surface area (Å²) in [6.45, 7) is 2.16. The van der Waals surface area contributed by atoms with Crippen LogP contribution in [0.4, 0.5) is 0 Å². The lowest BCUT2D eigenvalue weighted by Gasteiger charge is -2.18. The van der Waals surface area contributed by atoms with Gasteiger partial charge in [0.25, 0.3) is 0 Å². The highest BCUT2D eigenvalue weighted by atomic mass is 79.9. The van der Waals surface area contributed by atoms with Gasteiger partial charge in [0.15, 0.2) is 0 Å². The number of halogens is 2. The van der Waals surface area contributed by atoms with E-state index in [1.807, 2.05) is 9.02 Å². The van der Waals surface area contributed by atoms with Gasteiger partial charge in [-0.1, -0.05) is 37.3 Å². The average Bonchev–Trinajstić information content (AvgIpc) is 2.07. The van der Waals surface area contributed by atoms with E-state index in [0.29, 0.717) is 6.04 Å². The molecule has 0 fully saturated rings. The van der Waals surface area contributed by atoms with Crippen LogP contribution in [0.3, 0.4) is 0 Å². The average molecular weight is 293 g/mol. The molecular weight excluding hydrogens is 282 g/mol. The Labute approximate surface area is 90.4 Å². The maximum absolute atomic E-state index is 3.39. The molecule has 0 aromatic heterocycles. The molecule has 0 aliphatic heterocycles. The van der Waals surface area contributed by atoms with Crippen molar-refractivity contribution in [1.29, 1.82) is 0 Å². The highest BCUT2D eigenvalue weighted by Crippen LogP contribution is 2.29. The van der Waals surface area contributed by atoms with Gasteiger partial charge in [0, 0.05) is 32.3 Å². The molecule has 0 aliphatic rings. The summed E-state index contributed by atoms with van der Waals surface area (Å²) < 4.78 is 1.88. The normalized spacial score (nSPS) is 13.3. The summed E-state index contributed by atoms with van der Waals surface area (Å²) in [5.74, 6) is 0. The number of hydrogen-bond acceptors (Lipinski definition) is 1. The fourth-order valence-corrected chi connectivity index (χ4v) is 2.21. The van der Waals surface area contributed by atoms with Gasteiger partial charge in [-0.15, -0.1) is 0 Å². The molecule has 0 amide bonds. The second kappa shape index (κ2) is 5.00. The second-order valence-corrected chi connectivity index (χ2v) is 5.07. The van der Waals surface area contributed by atoms with E-state index in [1.54, 1.807) is 0 Å². The van der Waals surface area contributed by atoms with Gasteiger partial charge in [0.05, 0.1) is 6.04 Å². The van der Waals surface area contributed by atoms with Gasteiger partial charge in [0.1, 0.15) is 0 Å². The molecule has 0 bridgehead atoms. The third-order valence-electron chi connectivity index (χ3n) is 1.81. The lowest BCUT2D eigenvalue weighted by molar-refractivity contribution is 0.541. The number of rotatable bonds is 3. The molecule has 1 nitrogen and oxygen atoms in total. The van der Waals surface area contributed by atoms with E-state index in [2.05, 4.69) is 63.5 Å². The first-order chi connectivity index (χ1) is 5.75. The van der Waals surface area contributed by atoms with Crippen LogP contribution in [0, 0.1) is 0 Å². The maximum Gasteiger partial charge on any atom is 0.0568 e. The Morgan fingerprint density at radius 2 is 1.83 bits per heavy atom. The van der Waals surface area contributed by atoms with E-state index in [1.165, 1.54) is 5.56 Å². The van der Waals surface area contributed by atoms with Crippen molar-refractivity contribution in [3.05, 3.63) is 35.9 Å². The van der Waals surface area contributed by atoms with Crippen molar-refractivity contribution in [2.24, 2.45) is 0 Å². The zero-order valence-corrected chi connectivity index (χ0v) is 10.0. The van der Waals surface area contributed by atoms with E-state index in [9.17, 15) is 0 Å². The van der Waals surface area contributed by atoms with Gasteiger partial charge in [-0.2, -0.15) is 2.95 Å². The van der Waals surface area contributed by atoms with Crippen LogP contribution in [0.2, 0.25) is 0 Å². The summed E-state index contributed by atoms with van der Waals surface area (Å²) in [5.41, 5.74) is 1.31. The predicted octanol–water partition coefficient (Wildman–Crippen LogP) is 4.06. The van der Waals surface area contributed by atoms with Crippen LogP contribution in [-0.4, -0.2) is 2.95 Å². The lowest BCUT2D eigenvalue weighted by atomic mass is 10.1. The Morgan fingerprint density at radius 1 is 1.25 bits per heavy atom. The molecule has 0 aliphatic carbocycles. The topological polar surface area (TPSA) is 3.24 Å². The van der Waals surface area contributed by atoms with Crippen molar-refractivity contribution < 1.29 is 0 Å². The monoisotopic (exact) mass is 291 g/mol. The zero-order chi connectivity index (χ0) is 8.97. The Bertz CT molecular complexity index is 223. The molecule has 0 heterocycles. The first-order valence-corrected chi connectivity index (χ1v) is 5.33. The molecule has 1 atom stereocenters. The Hall–Kier alpha value is 0.140. The molecule has 1 rings (SSSR count). The minimum Gasteiger partial charge on any atom is -0.170 e. The van der Waals surface area contributed by atoms with Crippen molar-refractivity contribution in [2.75, 3.05) is 0 Å². The molecule has 1 aromatic carbocycles. The van der Waals surface area contributed by atoms with Gasteiger partial charge in [0.2, 0.25) is 0 Å². The van der Waals surface area contributed by atoms with Gasteiger partial charge < -0.3 is 0 Å². The molecule has 0 N–H and O–H groups in total. The highest BCUT2D eigenvalue weighted by molar-refractivity contribution is 9.21. The first-order valence-electron chi connectivity index (χ1n) is 3.91. The van der Waals surface area contributed by atoms with Crippen LogP contribution in [-0.2, 0) is 0 Å². The van der Waals surface area contributed by atoms with E-state index < -0.39 is 0 Å². The highest BCUT2D eigenvalue weighted by Gasteiger charge is 2.12. The number of benzene rings is 1. The largest absolute Gasteiger partial charge is 0.170 e. The Morgan fingerprint density at radius 3 is 2.25 bits per heavy atom. The standard InChI is InChI=1S/C9H11Br2N/c1-2-9(12(10)11)8-6-4-3-5-7-8/h3-7,9H,2H2,1H3. The lowest BCUT2D eigenvalue weighted by Crippen LogP contribution is -2.07. The number of hydrogen-bond donors (Lipinski definition) is 0. The molecule has 0 radical (unpaired) electrons. The van der Waals surface area contributed by atoms with Gasteiger partial charge in [-0.3, -0.25) is 0 Å². The molecular formula is C9H11Br2N. The maximum atomic E-state index is 3.39. The zero-order valence-electron chi connectivity index (χ0n) is 6.87. The summed E-state index contributed by atoms with van der Waals surface area (Å²) >= 11 is 6.78. The minimum atomic E-state index is 0.395. The van der Waals surface area contributed by atoms with Gasteiger partial charge >= 0.3 is 0 Å². The van der Waals surface area contributed by atoms with E-state index in [-0.39, 0.29) is 0 Å². The first kappa shape index (κ1) is 10.2. The van der Waals surface area contributed by atoms with Crippen LogP contribution in [0.1, 0.15) is 24.9 Å². The van der Waals surface area contributed by atoms with Crippen LogP contribution < -0.4 is 0 Å². The summed E-state index contributed by atoms with van der Waals surface area (Å²) in [4.78, 5) is 0. The predicted molar refractivity (Wildman–Crippen MR) is 59.2 cm³/mol. The number of nitrogens with zero attached hydrogens (tertiary/aromatic N) is 1. The summed E-state index contributed by atoms with van der Waals surface area (Å²) in [7, 11) is 0. The molecule has 0 spiro atoms. The fourth-order valence-electron chi connectivity index (χ4n) is 1.16. The molecule has 1 aromatic rings. The minimum absolute atomic E-state index is 0.395. The van der Waals surface area contributed by atoms with Crippen molar-refractivity contribution >= 4 is 32.3 Å². The summed E-state index contributed by atoms with van der Waals surface area (Å²) in [5, 5.41) is 0. The molecule has 1 unspecified atom stereocenters. The fraction of sp³-hybridized carbons (Fsp3) is 0.333. The third kappa shape index (κ3) is 2.57. The SMILES string of the molecule is CCC(c1ccccc1)N(Br)Br. The molecule has 12 heavy (non-hydrogen) atoms. The Kier molecular flexibility index (Phi) is 4.26. The van der Waals surface area contributed by atoms with Crippen molar-refractivity contribution in [3.63, 3.8) is 0 Å². The second-order valence-electron chi connectivity index (χ2n) is 2.59. The van der Waals surface area contributed by atoms with Crippen molar-refractivity contribution in [3.8, 4) is 0 Å². The smallest absolute Gasteiger partial charge is 0.0568 e. The molecule has 0 saturated heterocycles.